The van der Waals surface area contributed by atoms with Gasteiger partial charge < -0.3 is 10.2 Å². The van der Waals surface area contributed by atoms with E-state index in [4.69, 9.17) is 0 Å². The SMILES string of the molecule is Cc1cccc(CC2CNCC(=O)N2C)c1. The summed E-state index contributed by atoms with van der Waals surface area (Å²) in [4.78, 5) is 13.4. The third-order valence-corrected chi connectivity index (χ3v) is 3.15. The third-order valence-electron chi connectivity index (χ3n) is 3.15. The third kappa shape index (κ3) is 2.42. The van der Waals surface area contributed by atoms with Crippen LogP contribution < -0.4 is 5.32 Å². The number of likely N-dealkylation sites (N-methyl/N-ethyl adjacent to an activating group) is 1. The van der Waals surface area contributed by atoms with Gasteiger partial charge >= 0.3 is 0 Å². The summed E-state index contributed by atoms with van der Waals surface area (Å²) < 4.78 is 0. The van der Waals surface area contributed by atoms with Crippen molar-refractivity contribution in [2.45, 2.75) is 19.4 Å². The van der Waals surface area contributed by atoms with E-state index >= 15 is 0 Å². The van der Waals surface area contributed by atoms with Crippen molar-refractivity contribution in [3.63, 3.8) is 0 Å². The van der Waals surface area contributed by atoms with Gasteiger partial charge in [0.15, 0.2) is 0 Å². The van der Waals surface area contributed by atoms with Gasteiger partial charge in [-0.1, -0.05) is 29.8 Å². The Bertz CT molecular complexity index is 389. The zero-order valence-electron chi connectivity index (χ0n) is 9.86. The van der Waals surface area contributed by atoms with Crippen molar-refractivity contribution >= 4 is 5.91 Å². The molecule has 0 saturated carbocycles. The molecule has 1 unspecified atom stereocenters. The lowest BCUT2D eigenvalue weighted by Gasteiger charge is -2.33. The summed E-state index contributed by atoms with van der Waals surface area (Å²) in [5, 5.41) is 3.16. The lowest BCUT2D eigenvalue weighted by Crippen LogP contribution is -2.53. The van der Waals surface area contributed by atoms with E-state index in [1.54, 1.807) is 0 Å². The Morgan fingerprint density at radius 1 is 1.50 bits per heavy atom. The first-order valence-corrected chi connectivity index (χ1v) is 5.69. The smallest absolute Gasteiger partial charge is 0.236 e. The van der Waals surface area contributed by atoms with Crippen LogP contribution in [0.5, 0.6) is 0 Å². The molecule has 0 bridgehead atoms. The molecule has 3 nitrogen and oxygen atoms in total. The molecule has 3 heteroatoms. The van der Waals surface area contributed by atoms with Gasteiger partial charge in [0.1, 0.15) is 0 Å². The fourth-order valence-electron chi connectivity index (χ4n) is 2.13. The Morgan fingerprint density at radius 3 is 3.06 bits per heavy atom. The summed E-state index contributed by atoms with van der Waals surface area (Å²) in [5.74, 6) is 0.184. The fraction of sp³-hybridized carbons (Fsp3) is 0.462. The van der Waals surface area contributed by atoms with E-state index in [0.717, 1.165) is 13.0 Å². The van der Waals surface area contributed by atoms with Gasteiger partial charge in [-0.15, -0.1) is 0 Å². The number of amides is 1. The molecule has 0 spiro atoms. The van der Waals surface area contributed by atoms with E-state index < -0.39 is 0 Å². The van der Waals surface area contributed by atoms with Gasteiger partial charge in [-0.05, 0) is 18.9 Å². The van der Waals surface area contributed by atoms with E-state index in [1.165, 1.54) is 11.1 Å². The van der Waals surface area contributed by atoms with Crippen molar-refractivity contribution in [1.29, 1.82) is 0 Å². The van der Waals surface area contributed by atoms with Gasteiger partial charge in [0.25, 0.3) is 0 Å². The number of piperazine rings is 1. The van der Waals surface area contributed by atoms with Crippen molar-refractivity contribution < 1.29 is 4.79 Å². The molecule has 1 saturated heterocycles. The van der Waals surface area contributed by atoms with Gasteiger partial charge in [-0.2, -0.15) is 0 Å². The molecule has 2 rings (SSSR count). The van der Waals surface area contributed by atoms with Crippen LogP contribution in [0.25, 0.3) is 0 Å². The van der Waals surface area contributed by atoms with Gasteiger partial charge in [-0.25, -0.2) is 0 Å². The minimum Gasteiger partial charge on any atom is -0.340 e. The highest BCUT2D eigenvalue weighted by Gasteiger charge is 2.24. The van der Waals surface area contributed by atoms with Crippen molar-refractivity contribution in [1.82, 2.24) is 10.2 Å². The molecule has 1 aromatic carbocycles. The van der Waals surface area contributed by atoms with Crippen LogP contribution >= 0.6 is 0 Å². The predicted molar refractivity (Wildman–Crippen MR) is 64.3 cm³/mol. The maximum Gasteiger partial charge on any atom is 0.236 e. The first kappa shape index (κ1) is 11.1. The quantitative estimate of drug-likeness (QED) is 0.802. The molecule has 1 aliphatic rings. The fourth-order valence-corrected chi connectivity index (χ4v) is 2.13. The van der Waals surface area contributed by atoms with Gasteiger partial charge in [0, 0.05) is 19.6 Å². The van der Waals surface area contributed by atoms with E-state index in [-0.39, 0.29) is 11.9 Å². The van der Waals surface area contributed by atoms with Crippen LogP contribution in [0.1, 0.15) is 11.1 Å². The highest BCUT2D eigenvalue weighted by Crippen LogP contribution is 2.11. The predicted octanol–water partition coefficient (Wildman–Crippen LogP) is 0.968. The van der Waals surface area contributed by atoms with Gasteiger partial charge in [0.2, 0.25) is 5.91 Å². The van der Waals surface area contributed by atoms with Crippen molar-refractivity contribution in [2.75, 3.05) is 20.1 Å². The molecule has 0 aromatic heterocycles. The zero-order valence-corrected chi connectivity index (χ0v) is 9.86. The number of carbonyl (C=O) groups excluding carboxylic acids is 1. The molecule has 0 aliphatic carbocycles. The maximum atomic E-state index is 11.5. The molecule has 1 fully saturated rings. The summed E-state index contributed by atoms with van der Waals surface area (Å²) in [6, 6.07) is 8.76. The lowest BCUT2D eigenvalue weighted by molar-refractivity contribution is -0.133. The van der Waals surface area contributed by atoms with Crippen molar-refractivity contribution in [3.05, 3.63) is 35.4 Å². The number of carbonyl (C=O) groups is 1. The first-order chi connectivity index (χ1) is 7.66. The standard InChI is InChI=1S/C13H18N2O/c1-10-4-3-5-11(6-10)7-12-8-14-9-13(16)15(12)2/h3-6,12,14H,7-9H2,1-2H3. The summed E-state index contributed by atoms with van der Waals surface area (Å²) >= 11 is 0. The van der Waals surface area contributed by atoms with E-state index in [1.807, 2.05) is 11.9 Å². The van der Waals surface area contributed by atoms with Crippen LogP contribution in [0.3, 0.4) is 0 Å². The molecule has 0 radical (unpaired) electrons. The second-order valence-corrected chi connectivity index (χ2v) is 4.48. The van der Waals surface area contributed by atoms with E-state index in [2.05, 4.69) is 36.5 Å². The number of hydrogen-bond donors (Lipinski definition) is 1. The van der Waals surface area contributed by atoms with Crippen LogP contribution in [0.15, 0.2) is 24.3 Å². The highest BCUT2D eigenvalue weighted by atomic mass is 16.2. The number of rotatable bonds is 2. The average molecular weight is 218 g/mol. The molecule has 86 valence electrons. The lowest BCUT2D eigenvalue weighted by atomic mass is 10.0. The molecular formula is C13H18N2O. The van der Waals surface area contributed by atoms with E-state index in [9.17, 15) is 4.79 Å². The van der Waals surface area contributed by atoms with E-state index in [0.29, 0.717) is 6.54 Å². The summed E-state index contributed by atoms with van der Waals surface area (Å²) in [6.07, 6.45) is 0.928. The molecular weight excluding hydrogens is 200 g/mol. The zero-order chi connectivity index (χ0) is 11.5. The second kappa shape index (κ2) is 4.66. The molecule has 1 aliphatic heterocycles. The number of benzene rings is 1. The Balaban J connectivity index is 2.06. The Kier molecular flexibility index (Phi) is 3.25. The van der Waals surface area contributed by atoms with Crippen LogP contribution in [-0.2, 0) is 11.2 Å². The number of aryl methyl sites for hydroxylation is 1. The summed E-state index contributed by atoms with van der Waals surface area (Å²) in [5.41, 5.74) is 2.57. The molecule has 1 atom stereocenters. The number of nitrogens with zero attached hydrogens (tertiary/aromatic N) is 1. The summed E-state index contributed by atoms with van der Waals surface area (Å²) in [7, 11) is 1.89. The highest BCUT2D eigenvalue weighted by molar-refractivity contribution is 5.79. The molecule has 1 aromatic rings. The normalized spacial score (nSPS) is 21.2. The average Bonchev–Trinajstić information content (AvgIpc) is 2.25. The second-order valence-electron chi connectivity index (χ2n) is 4.48. The van der Waals surface area contributed by atoms with Gasteiger partial charge in [0.05, 0.1) is 6.54 Å². The Labute approximate surface area is 96.5 Å². The minimum atomic E-state index is 0.184. The van der Waals surface area contributed by atoms with Crippen LogP contribution in [0, 0.1) is 6.92 Å². The summed E-state index contributed by atoms with van der Waals surface area (Å²) in [6.45, 7) is 3.45. The Morgan fingerprint density at radius 2 is 2.31 bits per heavy atom. The molecule has 1 heterocycles. The number of hydrogen-bond acceptors (Lipinski definition) is 2. The van der Waals surface area contributed by atoms with Crippen molar-refractivity contribution in [3.8, 4) is 0 Å². The van der Waals surface area contributed by atoms with Crippen LogP contribution in [0.2, 0.25) is 0 Å². The Hall–Kier alpha value is -1.35. The topological polar surface area (TPSA) is 32.3 Å². The minimum absolute atomic E-state index is 0.184. The molecule has 1 amide bonds. The van der Waals surface area contributed by atoms with Crippen LogP contribution in [0.4, 0.5) is 0 Å². The van der Waals surface area contributed by atoms with Crippen LogP contribution in [-0.4, -0.2) is 37.0 Å². The maximum absolute atomic E-state index is 11.5. The molecule has 16 heavy (non-hydrogen) atoms. The first-order valence-electron chi connectivity index (χ1n) is 5.69. The largest absolute Gasteiger partial charge is 0.340 e. The number of nitrogens with one attached hydrogen (secondary N) is 1. The van der Waals surface area contributed by atoms with Gasteiger partial charge in [-0.3, -0.25) is 4.79 Å². The monoisotopic (exact) mass is 218 g/mol. The molecule has 1 N–H and O–H groups in total. The van der Waals surface area contributed by atoms with Crippen molar-refractivity contribution in [2.24, 2.45) is 0 Å².